The highest BCUT2D eigenvalue weighted by atomic mass is 16.4. The molecular formula is C9H7NO4. The van der Waals surface area contributed by atoms with E-state index >= 15 is 0 Å². The number of carbonyl (C=O) groups excluding carboxylic acids is 2. The molecule has 1 aliphatic carbocycles. The Morgan fingerprint density at radius 2 is 2.00 bits per heavy atom. The molecule has 0 radical (unpaired) electrons. The van der Waals surface area contributed by atoms with E-state index < -0.39 is 23.6 Å². The third-order valence-electron chi connectivity index (χ3n) is 2.22. The number of rotatable bonds is 1. The van der Waals surface area contributed by atoms with Crippen LogP contribution in [0.1, 0.15) is 6.42 Å². The first-order valence-corrected chi connectivity index (χ1v) is 4.08. The van der Waals surface area contributed by atoms with Gasteiger partial charge in [0.25, 0.3) is 0 Å². The SMILES string of the molecule is O=C1C=C2C[C@H](C(=O)O)NC2=CC1=O. The highest BCUT2D eigenvalue weighted by Gasteiger charge is 2.32. The molecule has 1 atom stereocenters. The van der Waals surface area contributed by atoms with E-state index in [4.69, 9.17) is 5.11 Å². The Morgan fingerprint density at radius 3 is 2.64 bits per heavy atom. The minimum absolute atomic E-state index is 0.250. The van der Waals surface area contributed by atoms with Gasteiger partial charge in [-0.1, -0.05) is 0 Å². The number of hydrogen-bond donors (Lipinski definition) is 2. The lowest BCUT2D eigenvalue weighted by Crippen LogP contribution is -2.29. The van der Waals surface area contributed by atoms with E-state index in [2.05, 4.69) is 5.32 Å². The molecule has 0 amide bonds. The molecule has 5 nitrogen and oxygen atoms in total. The van der Waals surface area contributed by atoms with Crippen molar-refractivity contribution in [1.82, 2.24) is 5.32 Å². The molecule has 0 aromatic carbocycles. The summed E-state index contributed by atoms with van der Waals surface area (Å²) in [6.07, 6.45) is 2.61. The van der Waals surface area contributed by atoms with Gasteiger partial charge in [-0.15, -0.1) is 0 Å². The molecule has 0 saturated carbocycles. The first-order valence-electron chi connectivity index (χ1n) is 4.08. The van der Waals surface area contributed by atoms with Crippen molar-refractivity contribution in [2.45, 2.75) is 12.5 Å². The van der Waals surface area contributed by atoms with Gasteiger partial charge in [-0.2, -0.15) is 0 Å². The smallest absolute Gasteiger partial charge is 0.326 e. The van der Waals surface area contributed by atoms with Crippen LogP contribution < -0.4 is 5.32 Å². The van der Waals surface area contributed by atoms with E-state index in [0.29, 0.717) is 11.3 Å². The summed E-state index contributed by atoms with van der Waals surface area (Å²) in [5.41, 5.74) is 1.06. The first kappa shape index (κ1) is 8.68. The zero-order valence-electron chi connectivity index (χ0n) is 7.11. The van der Waals surface area contributed by atoms with Crippen LogP contribution in [0.15, 0.2) is 23.4 Å². The van der Waals surface area contributed by atoms with Crippen molar-refractivity contribution in [2.24, 2.45) is 0 Å². The molecule has 1 heterocycles. The van der Waals surface area contributed by atoms with Crippen molar-refractivity contribution in [3.63, 3.8) is 0 Å². The molecule has 2 rings (SSSR count). The van der Waals surface area contributed by atoms with Gasteiger partial charge in [-0.05, 0) is 11.6 Å². The minimum atomic E-state index is -0.985. The van der Waals surface area contributed by atoms with Gasteiger partial charge >= 0.3 is 5.97 Å². The zero-order chi connectivity index (χ0) is 10.3. The molecule has 1 aliphatic heterocycles. The summed E-state index contributed by atoms with van der Waals surface area (Å²) >= 11 is 0. The van der Waals surface area contributed by atoms with E-state index in [0.717, 1.165) is 6.08 Å². The molecule has 14 heavy (non-hydrogen) atoms. The fraction of sp³-hybridized carbons (Fsp3) is 0.222. The van der Waals surface area contributed by atoms with Crippen LogP contribution in [0.5, 0.6) is 0 Å². The predicted octanol–water partition coefficient (Wildman–Crippen LogP) is -0.605. The van der Waals surface area contributed by atoms with E-state index in [1.54, 1.807) is 0 Å². The van der Waals surface area contributed by atoms with Gasteiger partial charge in [0.15, 0.2) is 0 Å². The second kappa shape index (κ2) is 2.80. The maximum atomic E-state index is 11.0. The minimum Gasteiger partial charge on any atom is -0.480 e. The summed E-state index contributed by atoms with van der Waals surface area (Å²) in [5.74, 6) is -2.18. The lowest BCUT2D eigenvalue weighted by atomic mass is 10.0. The number of aliphatic carboxylic acids is 1. The van der Waals surface area contributed by atoms with Crippen molar-refractivity contribution in [2.75, 3.05) is 0 Å². The third kappa shape index (κ3) is 1.22. The number of allylic oxidation sites excluding steroid dienone is 3. The molecule has 0 aromatic heterocycles. The van der Waals surface area contributed by atoms with Gasteiger partial charge in [0.05, 0.1) is 0 Å². The number of hydrogen-bond acceptors (Lipinski definition) is 4. The highest BCUT2D eigenvalue weighted by molar-refractivity contribution is 6.46. The lowest BCUT2D eigenvalue weighted by molar-refractivity contribution is -0.138. The monoisotopic (exact) mass is 193 g/mol. The molecule has 1 saturated heterocycles. The fourth-order valence-corrected chi connectivity index (χ4v) is 1.51. The van der Waals surface area contributed by atoms with E-state index in [9.17, 15) is 14.4 Å². The molecule has 0 unspecified atom stereocenters. The number of ketones is 2. The standard InChI is InChI=1S/C9H7NO4/c11-7-2-4-1-6(9(13)14)10-5(4)3-8(7)12/h2-3,6,10H,1H2,(H,13,14)/t6-/m1/s1. The lowest BCUT2D eigenvalue weighted by Gasteiger charge is -2.05. The fourth-order valence-electron chi connectivity index (χ4n) is 1.51. The number of carboxylic acid groups (broad SMARTS) is 1. The molecule has 2 aliphatic rings. The summed E-state index contributed by atoms with van der Waals surface area (Å²) in [4.78, 5) is 32.5. The van der Waals surface area contributed by atoms with Gasteiger partial charge < -0.3 is 10.4 Å². The van der Waals surface area contributed by atoms with Crippen molar-refractivity contribution < 1.29 is 19.5 Å². The Kier molecular flexibility index (Phi) is 1.73. The van der Waals surface area contributed by atoms with Crippen LogP contribution in [0.25, 0.3) is 0 Å². The third-order valence-corrected chi connectivity index (χ3v) is 2.22. The largest absolute Gasteiger partial charge is 0.480 e. The van der Waals surface area contributed by atoms with Crippen molar-refractivity contribution >= 4 is 17.5 Å². The maximum Gasteiger partial charge on any atom is 0.326 e. The van der Waals surface area contributed by atoms with Crippen molar-refractivity contribution in [3.8, 4) is 0 Å². The summed E-state index contributed by atoms with van der Waals surface area (Å²) in [6, 6.07) is -0.730. The molecule has 72 valence electrons. The quantitative estimate of drug-likeness (QED) is 0.429. The topological polar surface area (TPSA) is 83.5 Å². The van der Waals surface area contributed by atoms with Crippen LogP contribution in [0.4, 0.5) is 0 Å². The summed E-state index contributed by atoms with van der Waals surface area (Å²) in [6.45, 7) is 0. The number of carboxylic acids is 1. The Labute approximate surface area is 79.1 Å². The van der Waals surface area contributed by atoms with Crippen LogP contribution >= 0.6 is 0 Å². The van der Waals surface area contributed by atoms with Crippen LogP contribution in [-0.4, -0.2) is 28.7 Å². The zero-order valence-corrected chi connectivity index (χ0v) is 7.11. The molecule has 0 bridgehead atoms. The molecule has 0 spiro atoms. The first-order chi connectivity index (χ1) is 6.58. The van der Waals surface area contributed by atoms with E-state index in [1.165, 1.54) is 6.08 Å². The van der Waals surface area contributed by atoms with Gasteiger partial charge in [0, 0.05) is 18.2 Å². The average molecular weight is 193 g/mol. The Hall–Kier alpha value is -1.91. The van der Waals surface area contributed by atoms with Gasteiger partial charge in [0.1, 0.15) is 6.04 Å². The Bertz CT molecular complexity index is 373. The van der Waals surface area contributed by atoms with E-state index in [-0.39, 0.29) is 6.42 Å². The molecule has 1 fully saturated rings. The molecule has 5 heteroatoms. The van der Waals surface area contributed by atoms with Crippen LogP contribution in [0.2, 0.25) is 0 Å². The summed E-state index contributed by atoms with van der Waals surface area (Å²) in [7, 11) is 0. The second-order valence-electron chi connectivity index (χ2n) is 3.20. The average Bonchev–Trinajstić information content (AvgIpc) is 2.48. The Morgan fingerprint density at radius 1 is 1.36 bits per heavy atom. The van der Waals surface area contributed by atoms with Crippen molar-refractivity contribution in [3.05, 3.63) is 23.4 Å². The number of nitrogens with one attached hydrogen (secondary N) is 1. The normalized spacial score (nSPS) is 25.0. The van der Waals surface area contributed by atoms with Crippen LogP contribution in [-0.2, 0) is 14.4 Å². The highest BCUT2D eigenvalue weighted by Crippen LogP contribution is 2.25. The predicted molar refractivity (Wildman–Crippen MR) is 45.4 cm³/mol. The number of fused-ring (bicyclic) bond motifs is 1. The number of carbonyl (C=O) groups is 3. The molecular weight excluding hydrogens is 186 g/mol. The van der Waals surface area contributed by atoms with Crippen LogP contribution in [0, 0.1) is 0 Å². The van der Waals surface area contributed by atoms with Gasteiger partial charge in [-0.25, -0.2) is 4.79 Å². The second-order valence-corrected chi connectivity index (χ2v) is 3.20. The molecule has 0 aromatic rings. The van der Waals surface area contributed by atoms with Crippen molar-refractivity contribution in [1.29, 1.82) is 0 Å². The van der Waals surface area contributed by atoms with Crippen LogP contribution in [0.3, 0.4) is 0 Å². The summed E-state index contributed by atoms with van der Waals surface area (Å²) < 4.78 is 0. The maximum absolute atomic E-state index is 11.0. The summed E-state index contributed by atoms with van der Waals surface area (Å²) in [5, 5.41) is 11.4. The van der Waals surface area contributed by atoms with Gasteiger partial charge in [0.2, 0.25) is 11.6 Å². The van der Waals surface area contributed by atoms with E-state index in [1.807, 2.05) is 0 Å². The van der Waals surface area contributed by atoms with Gasteiger partial charge in [-0.3, -0.25) is 9.59 Å². The Balaban J connectivity index is 2.31. The molecule has 2 N–H and O–H groups in total.